The van der Waals surface area contributed by atoms with Gasteiger partial charge in [0.2, 0.25) is 5.91 Å². The molecule has 1 aliphatic carbocycles. The Morgan fingerprint density at radius 2 is 2.00 bits per heavy atom. The van der Waals surface area contributed by atoms with E-state index in [1.54, 1.807) is 24.3 Å². The molecule has 27 heavy (non-hydrogen) atoms. The molecule has 1 heterocycles. The van der Waals surface area contributed by atoms with Crippen molar-refractivity contribution in [3.05, 3.63) is 46.8 Å². The molecule has 1 amide bonds. The van der Waals surface area contributed by atoms with Crippen LogP contribution in [0.2, 0.25) is 0 Å². The minimum atomic E-state index is -0.974. The first-order valence-electron chi connectivity index (χ1n) is 9.08. The van der Waals surface area contributed by atoms with Crippen molar-refractivity contribution in [1.82, 2.24) is 10.5 Å². The molecule has 2 N–H and O–H groups in total. The monoisotopic (exact) mass is 372 g/mol. The molecule has 0 spiro atoms. The Hall–Kier alpha value is -2.83. The Kier molecular flexibility index (Phi) is 5.78. The van der Waals surface area contributed by atoms with Gasteiger partial charge in [0.25, 0.3) is 0 Å². The van der Waals surface area contributed by atoms with Gasteiger partial charge in [0.1, 0.15) is 24.2 Å². The van der Waals surface area contributed by atoms with E-state index in [2.05, 4.69) is 10.5 Å². The fraction of sp³-hybridized carbons (Fsp3) is 0.450. The highest BCUT2D eigenvalue weighted by molar-refractivity contribution is 5.84. The topological polar surface area (TPSA) is 102 Å². The van der Waals surface area contributed by atoms with Crippen LogP contribution in [0.4, 0.5) is 0 Å². The number of amides is 1. The van der Waals surface area contributed by atoms with Crippen LogP contribution in [-0.2, 0) is 22.6 Å². The van der Waals surface area contributed by atoms with E-state index in [0.717, 1.165) is 35.4 Å². The molecule has 1 aliphatic rings. The zero-order valence-electron chi connectivity index (χ0n) is 15.5. The van der Waals surface area contributed by atoms with Gasteiger partial charge in [-0.05, 0) is 43.9 Å². The molecule has 7 nitrogen and oxygen atoms in total. The van der Waals surface area contributed by atoms with Gasteiger partial charge in [-0.2, -0.15) is 0 Å². The van der Waals surface area contributed by atoms with Gasteiger partial charge in [-0.25, -0.2) is 4.79 Å². The summed E-state index contributed by atoms with van der Waals surface area (Å²) in [7, 11) is 0. The lowest BCUT2D eigenvalue weighted by Gasteiger charge is -2.14. The molecular weight excluding hydrogens is 348 g/mol. The van der Waals surface area contributed by atoms with Crippen molar-refractivity contribution in [3.8, 4) is 5.75 Å². The van der Waals surface area contributed by atoms with Gasteiger partial charge in [-0.15, -0.1) is 0 Å². The molecule has 1 unspecified atom stereocenters. The molecule has 144 valence electrons. The summed E-state index contributed by atoms with van der Waals surface area (Å²) < 4.78 is 10.8. The number of carbonyl (C=O) groups is 2. The van der Waals surface area contributed by atoms with Crippen LogP contribution < -0.4 is 10.1 Å². The first kappa shape index (κ1) is 18.9. The Morgan fingerprint density at radius 3 is 2.56 bits per heavy atom. The van der Waals surface area contributed by atoms with E-state index in [9.17, 15) is 14.7 Å². The first-order chi connectivity index (χ1) is 12.9. The van der Waals surface area contributed by atoms with Gasteiger partial charge in [0.15, 0.2) is 0 Å². The number of carbonyl (C=O) groups excluding carboxylic acids is 1. The number of nitrogens with one attached hydrogen (secondary N) is 1. The molecule has 0 aliphatic heterocycles. The van der Waals surface area contributed by atoms with E-state index in [1.807, 2.05) is 13.8 Å². The largest absolute Gasteiger partial charge is 0.489 e. The summed E-state index contributed by atoms with van der Waals surface area (Å²) in [5, 5.41) is 15.7. The van der Waals surface area contributed by atoms with Gasteiger partial charge >= 0.3 is 5.97 Å². The summed E-state index contributed by atoms with van der Waals surface area (Å²) in [4.78, 5) is 23.4. The third-order valence-electron chi connectivity index (χ3n) is 4.75. The highest BCUT2D eigenvalue weighted by Crippen LogP contribution is 2.33. The van der Waals surface area contributed by atoms with E-state index in [0.29, 0.717) is 24.7 Å². The minimum absolute atomic E-state index is 0.137. The number of hydrogen-bond donors (Lipinski definition) is 2. The van der Waals surface area contributed by atoms with Gasteiger partial charge in [-0.1, -0.05) is 30.1 Å². The van der Waals surface area contributed by atoms with Crippen LogP contribution in [0.15, 0.2) is 28.8 Å². The standard InChI is InChI=1S/C20H24N2O5/c1-12-17(13(2)27-22-12)11-26-16-7-5-15(6-8-16)10-19(23)21-18(20(24)25)9-14-3-4-14/h5-8,14,18H,3-4,9-11H2,1-2H3,(H,21,23)(H,24,25). The average Bonchev–Trinajstić information content (AvgIpc) is 3.39. The van der Waals surface area contributed by atoms with E-state index in [-0.39, 0.29) is 12.3 Å². The van der Waals surface area contributed by atoms with E-state index >= 15 is 0 Å². The summed E-state index contributed by atoms with van der Waals surface area (Å²) in [5.41, 5.74) is 2.53. The Morgan fingerprint density at radius 1 is 1.30 bits per heavy atom. The van der Waals surface area contributed by atoms with E-state index in [1.165, 1.54) is 0 Å². The molecule has 0 radical (unpaired) electrons. The molecule has 3 rings (SSSR count). The number of carboxylic acids is 1. The number of aryl methyl sites for hydroxylation is 2. The Balaban J connectivity index is 1.50. The average molecular weight is 372 g/mol. The second kappa shape index (κ2) is 8.24. The maximum Gasteiger partial charge on any atom is 0.326 e. The van der Waals surface area contributed by atoms with Crippen molar-refractivity contribution in [1.29, 1.82) is 0 Å². The molecule has 1 saturated carbocycles. The lowest BCUT2D eigenvalue weighted by Crippen LogP contribution is -2.41. The number of nitrogens with zero attached hydrogens (tertiary/aromatic N) is 1. The van der Waals surface area contributed by atoms with Crippen LogP contribution in [0.3, 0.4) is 0 Å². The second-order valence-electron chi connectivity index (χ2n) is 7.05. The SMILES string of the molecule is Cc1noc(C)c1COc1ccc(CC(=O)NC(CC2CC2)C(=O)O)cc1. The number of benzene rings is 1. The summed E-state index contributed by atoms with van der Waals surface area (Å²) >= 11 is 0. The Bertz CT molecular complexity index is 789. The summed E-state index contributed by atoms with van der Waals surface area (Å²) in [6.07, 6.45) is 2.75. The van der Waals surface area contributed by atoms with Crippen molar-refractivity contribution in [2.75, 3.05) is 0 Å². The number of hydrogen-bond acceptors (Lipinski definition) is 5. The smallest absolute Gasteiger partial charge is 0.326 e. The summed E-state index contributed by atoms with van der Waals surface area (Å²) in [6, 6.07) is 6.39. The van der Waals surface area contributed by atoms with Crippen LogP contribution in [0.1, 0.15) is 41.8 Å². The third kappa shape index (κ3) is 5.32. The van der Waals surface area contributed by atoms with Crippen LogP contribution in [-0.4, -0.2) is 28.2 Å². The first-order valence-corrected chi connectivity index (χ1v) is 9.08. The number of rotatable bonds is 9. The van der Waals surface area contributed by atoms with Gasteiger partial charge in [-0.3, -0.25) is 4.79 Å². The van der Waals surface area contributed by atoms with Gasteiger partial charge in [0, 0.05) is 0 Å². The zero-order chi connectivity index (χ0) is 19.4. The molecule has 1 atom stereocenters. The molecule has 1 fully saturated rings. The fourth-order valence-electron chi connectivity index (χ4n) is 2.91. The van der Waals surface area contributed by atoms with Gasteiger partial charge in [0.05, 0.1) is 17.7 Å². The van der Waals surface area contributed by atoms with Crippen molar-refractivity contribution in [2.24, 2.45) is 5.92 Å². The van der Waals surface area contributed by atoms with E-state index in [4.69, 9.17) is 9.26 Å². The number of aliphatic carboxylic acids is 1. The molecule has 0 saturated heterocycles. The molecule has 1 aromatic heterocycles. The highest BCUT2D eigenvalue weighted by Gasteiger charge is 2.30. The number of aromatic nitrogens is 1. The molecule has 2 aromatic rings. The van der Waals surface area contributed by atoms with Crippen LogP contribution in [0.25, 0.3) is 0 Å². The lowest BCUT2D eigenvalue weighted by atomic mass is 10.1. The predicted molar refractivity (Wildman–Crippen MR) is 97.4 cm³/mol. The van der Waals surface area contributed by atoms with Crippen molar-refractivity contribution in [2.45, 2.75) is 52.2 Å². The molecule has 0 bridgehead atoms. The summed E-state index contributed by atoms with van der Waals surface area (Å²) in [5.74, 6) is 0.586. The van der Waals surface area contributed by atoms with E-state index < -0.39 is 12.0 Å². The number of ether oxygens (including phenoxy) is 1. The third-order valence-corrected chi connectivity index (χ3v) is 4.75. The van der Waals surface area contributed by atoms with Crippen LogP contribution in [0.5, 0.6) is 5.75 Å². The van der Waals surface area contributed by atoms with Crippen molar-refractivity contribution >= 4 is 11.9 Å². The lowest BCUT2D eigenvalue weighted by molar-refractivity contribution is -0.142. The fourth-order valence-corrected chi connectivity index (χ4v) is 2.91. The van der Waals surface area contributed by atoms with Crippen LogP contribution >= 0.6 is 0 Å². The minimum Gasteiger partial charge on any atom is -0.489 e. The summed E-state index contributed by atoms with van der Waals surface area (Å²) in [6.45, 7) is 4.07. The maximum absolute atomic E-state index is 12.1. The molecule has 1 aromatic carbocycles. The predicted octanol–water partition coefficient (Wildman–Crippen LogP) is 2.78. The normalized spacial score (nSPS) is 14.6. The highest BCUT2D eigenvalue weighted by atomic mass is 16.5. The maximum atomic E-state index is 12.1. The quantitative estimate of drug-likeness (QED) is 0.702. The second-order valence-corrected chi connectivity index (χ2v) is 7.05. The zero-order valence-corrected chi connectivity index (χ0v) is 15.5. The van der Waals surface area contributed by atoms with Gasteiger partial charge < -0.3 is 19.7 Å². The van der Waals surface area contributed by atoms with Crippen molar-refractivity contribution < 1.29 is 24.0 Å². The van der Waals surface area contributed by atoms with Crippen molar-refractivity contribution in [3.63, 3.8) is 0 Å². The number of carboxylic acid groups (broad SMARTS) is 1. The Labute approximate surface area is 157 Å². The molecule has 7 heteroatoms. The van der Waals surface area contributed by atoms with Crippen LogP contribution in [0, 0.1) is 19.8 Å². The molecular formula is C20H24N2O5.